The van der Waals surface area contributed by atoms with Crippen molar-refractivity contribution in [1.29, 1.82) is 0 Å². The molecule has 0 bridgehead atoms. The molecule has 4 heteroatoms. The molecule has 0 aliphatic rings. The average molecular weight is 344 g/mol. The molecule has 1 rings (SSSR count). The van der Waals surface area contributed by atoms with E-state index in [1.54, 1.807) is 7.11 Å². The van der Waals surface area contributed by atoms with E-state index >= 15 is 0 Å². The maximum Gasteiger partial charge on any atom is 0.137 e. The summed E-state index contributed by atoms with van der Waals surface area (Å²) in [7, 11) is 1.73. The second-order valence-corrected chi connectivity index (χ2v) is 6.73. The molecular weight excluding hydrogens is 318 g/mol. The Balaban J connectivity index is 2.59. The standard InChI is InChI=1S/C16H26BrNO2/c1-16(2,3)18-12-13-8-7-9-14(17)15(13)20-11-6-5-10-19-4/h7-9,18H,5-6,10-12H2,1-4H3. The molecule has 3 nitrogen and oxygen atoms in total. The number of methoxy groups -OCH3 is 1. The monoisotopic (exact) mass is 343 g/mol. The predicted molar refractivity (Wildman–Crippen MR) is 87.3 cm³/mol. The van der Waals surface area contributed by atoms with Gasteiger partial charge in [-0.1, -0.05) is 12.1 Å². The van der Waals surface area contributed by atoms with Gasteiger partial charge in [0, 0.05) is 31.4 Å². The van der Waals surface area contributed by atoms with Gasteiger partial charge < -0.3 is 14.8 Å². The number of rotatable bonds is 8. The van der Waals surface area contributed by atoms with Gasteiger partial charge in [0.2, 0.25) is 0 Å². The van der Waals surface area contributed by atoms with Crippen LogP contribution in [0.3, 0.4) is 0 Å². The van der Waals surface area contributed by atoms with Crippen molar-refractivity contribution in [2.24, 2.45) is 0 Å². The summed E-state index contributed by atoms with van der Waals surface area (Å²) in [6.07, 6.45) is 2.03. The van der Waals surface area contributed by atoms with Crippen LogP contribution in [0.15, 0.2) is 22.7 Å². The lowest BCUT2D eigenvalue weighted by atomic mass is 10.1. The molecule has 0 aromatic heterocycles. The smallest absolute Gasteiger partial charge is 0.137 e. The number of hydrogen-bond acceptors (Lipinski definition) is 3. The van der Waals surface area contributed by atoms with Crippen LogP contribution < -0.4 is 10.1 Å². The van der Waals surface area contributed by atoms with Gasteiger partial charge in [0.05, 0.1) is 11.1 Å². The Morgan fingerprint density at radius 2 is 1.85 bits per heavy atom. The van der Waals surface area contributed by atoms with E-state index in [0.29, 0.717) is 6.61 Å². The van der Waals surface area contributed by atoms with Crippen molar-refractivity contribution in [2.45, 2.75) is 45.7 Å². The minimum absolute atomic E-state index is 0.0953. The van der Waals surface area contributed by atoms with E-state index in [-0.39, 0.29) is 5.54 Å². The van der Waals surface area contributed by atoms with E-state index in [2.05, 4.69) is 48.1 Å². The highest BCUT2D eigenvalue weighted by molar-refractivity contribution is 9.10. The van der Waals surface area contributed by atoms with Crippen molar-refractivity contribution in [3.63, 3.8) is 0 Å². The third-order valence-electron chi connectivity index (χ3n) is 2.85. The predicted octanol–water partition coefficient (Wildman–Crippen LogP) is 4.14. The molecule has 0 unspecified atom stereocenters. The van der Waals surface area contributed by atoms with Gasteiger partial charge in [-0.15, -0.1) is 0 Å². The summed E-state index contributed by atoms with van der Waals surface area (Å²) in [6.45, 7) is 8.80. The summed E-state index contributed by atoms with van der Waals surface area (Å²) in [4.78, 5) is 0. The summed E-state index contributed by atoms with van der Waals surface area (Å²) in [5.74, 6) is 0.946. The largest absolute Gasteiger partial charge is 0.492 e. The zero-order valence-electron chi connectivity index (χ0n) is 13.0. The van der Waals surface area contributed by atoms with Crippen molar-refractivity contribution >= 4 is 15.9 Å². The van der Waals surface area contributed by atoms with Gasteiger partial charge in [0.15, 0.2) is 0 Å². The van der Waals surface area contributed by atoms with E-state index in [0.717, 1.165) is 36.2 Å². The molecule has 1 aromatic carbocycles. The van der Waals surface area contributed by atoms with Crippen LogP contribution in [0.1, 0.15) is 39.2 Å². The van der Waals surface area contributed by atoms with Crippen LogP contribution in [0, 0.1) is 0 Å². The van der Waals surface area contributed by atoms with Crippen molar-refractivity contribution in [2.75, 3.05) is 20.3 Å². The summed E-state index contributed by atoms with van der Waals surface area (Å²) < 4.78 is 12.0. The number of hydrogen-bond donors (Lipinski definition) is 1. The van der Waals surface area contributed by atoms with Crippen molar-refractivity contribution < 1.29 is 9.47 Å². The molecule has 0 saturated carbocycles. The second kappa shape index (κ2) is 8.65. The SMILES string of the molecule is COCCCCOc1c(Br)cccc1CNC(C)(C)C. The maximum atomic E-state index is 5.94. The fourth-order valence-electron chi connectivity index (χ4n) is 1.74. The third kappa shape index (κ3) is 6.73. The van der Waals surface area contributed by atoms with Gasteiger partial charge in [-0.05, 0) is 55.6 Å². The molecule has 0 amide bonds. The van der Waals surface area contributed by atoms with E-state index in [1.807, 2.05) is 12.1 Å². The Morgan fingerprint density at radius 3 is 2.50 bits per heavy atom. The third-order valence-corrected chi connectivity index (χ3v) is 3.47. The lowest BCUT2D eigenvalue weighted by Gasteiger charge is -2.22. The van der Waals surface area contributed by atoms with Crippen LogP contribution in [0.25, 0.3) is 0 Å². The molecule has 0 heterocycles. The first-order valence-electron chi connectivity index (χ1n) is 7.08. The number of nitrogens with one attached hydrogen (secondary N) is 1. The normalized spacial score (nSPS) is 11.7. The van der Waals surface area contributed by atoms with Gasteiger partial charge in [0.1, 0.15) is 5.75 Å². The topological polar surface area (TPSA) is 30.5 Å². The first kappa shape index (κ1) is 17.5. The van der Waals surface area contributed by atoms with E-state index in [4.69, 9.17) is 9.47 Å². The number of halogens is 1. The van der Waals surface area contributed by atoms with Crippen LogP contribution in [0.5, 0.6) is 5.75 Å². The molecule has 0 radical (unpaired) electrons. The van der Waals surface area contributed by atoms with E-state index in [9.17, 15) is 0 Å². The number of para-hydroxylation sites is 1. The van der Waals surface area contributed by atoms with Crippen LogP contribution in [0.4, 0.5) is 0 Å². The fraction of sp³-hybridized carbons (Fsp3) is 0.625. The molecule has 1 N–H and O–H groups in total. The molecule has 20 heavy (non-hydrogen) atoms. The molecule has 0 saturated heterocycles. The Hall–Kier alpha value is -0.580. The molecule has 1 aromatic rings. The molecule has 0 spiro atoms. The minimum Gasteiger partial charge on any atom is -0.492 e. The van der Waals surface area contributed by atoms with Crippen molar-refractivity contribution in [1.82, 2.24) is 5.32 Å². The number of benzene rings is 1. The lowest BCUT2D eigenvalue weighted by molar-refractivity contribution is 0.183. The lowest BCUT2D eigenvalue weighted by Crippen LogP contribution is -2.35. The van der Waals surface area contributed by atoms with E-state index < -0.39 is 0 Å². The molecule has 0 fully saturated rings. The maximum absolute atomic E-state index is 5.94. The minimum atomic E-state index is 0.0953. The molecular formula is C16H26BrNO2. The first-order chi connectivity index (χ1) is 9.44. The summed E-state index contributed by atoms with van der Waals surface area (Å²) in [5.41, 5.74) is 1.28. The van der Waals surface area contributed by atoms with Crippen LogP contribution in [-0.2, 0) is 11.3 Å². The fourth-order valence-corrected chi connectivity index (χ4v) is 2.26. The average Bonchev–Trinajstić information content (AvgIpc) is 2.37. The van der Waals surface area contributed by atoms with Gasteiger partial charge in [-0.25, -0.2) is 0 Å². The molecule has 0 atom stereocenters. The highest BCUT2D eigenvalue weighted by Gasteiger charge is 2.12. The number of ether oxygens (including phenoxy) is 2. The second-order valence-electron chi connectivity index (χ2n) is 5.88. The van der Waals surface area contributed by atoms with Crippen molar-refractivity contribution in [3.05, 3.63) is 28.2 Å². The van der Waals surface area contributed by atoms with Crippen molar-refractivity contribution in [3.8, 4) is 5.75 Å². The zero-order valence-corrected chi connectivity index (χ0v) is 14.5. The van der Waals surface area contributed by atoms with Crippen LogP contribution >= 0.6 is 15.9 Å². The summed E-state index contributed by atoms with van der Waals surface area (Å²) >= 11 is 3.57. The summed E-state index contributed by atoms with van der Waals surface area (Å²) in [6, 6.07) is 6.17. The molecule has 0 aliphatic carbocycles. The number of unbranched alkanes of at least 4 members (excludes halogenated alkanes) is 1. The van der Waals surface area contributed by atoms with E-state index in [1.165, 1.54) is 5.56 Å². The highest BCUT2D eigenvalue weighted by Crippen LogP contribution is 2.29. The van der Waals surface area contributed by atoms with Crippen LogP contribution in [0.2, 0.25) is 0 Å². The first-order valence-corrected chi connectivity index (χ1v) is 7.87. The molecule has 114 valence electrons. The summed E-state index contributed by atoms with van der Waals surface area (Å²) in [5, 5.41) is 3.50. The highest BCUT2D eigenvalue weighted by atomic mass is 79.9. The Labute approximate surface area is 131 Å². The van der Waals surface area contributed by atoms with Gasteiger partial charge in [-0.2, -0.15) is 0 Å². The van der Waals surface area contributed by atoms with Gasteiger partial charge >= 0.3 is 0 Å². The Morgan fingerprint density at radius 1 is 1.15 bits per heavy atom. The van der Waals surface area contributed by atoms with Gasteiger partial charge in [0.25, 0.3) is 0 Å². The van der Waals surface area contributed by atoms with Gasteiger partial charge in [-0.3, -0.25) is 0 Å². The van der Waals surface area contributed by atoms with Crippen LogP contribution in [-0.4, -0.2) is 25.9 Å². The quantitative estimate of drug-likeness (QED) is 0.719. The Kier molecular flexibility index (Phi) is 7.56. The Bertz CT molecular complexity index is 402. The zero-order chi connectivity index (χ0) is 15.0. The molecule has 0 aliphatic heterocycles.